The molecule has 3 heteroatoms. The Morgan fingerprint density at radius 2 is 2.33 bits per heavy atom. The molecule has 0 bridgehead atoms. The van der Waals surface area contributed by atoms with Crippen LogP contribution in [0.5, 0.6) is 0 Å². The standard InChI is InChI=1S/C9H9NOS/c1-2-6-4-3-5-7-8(6)12-10-9(7)11/h3-5H,2H2,1H3,(H,10,11). The Kier molecular flexibility index (Phi) is 1.73. The van der Waals surface area contributed by atoms with E-state index in [9.17, 15) is 4.79 Å². The Labute approximate surface area is 74.0 Å². The van der Waals surface area contributed by atoms with Crippen LogP contribution in [0.1, 0.15) is 12.5 Å². The molecule has 2 aromatic rings. The minimum atomic E-state index is 0.0327. The molecular formula is C9H9NOS. The molecule has 0 radical (unpaired) electrons. The Bertz CT molecular complexity index is 455. The molecule has 1 aromatic carbocycles. The lowest BCUT2D eigenvalue weighted by Crippen LogP contribution is -1.95. The molecule has 0 saturated heterocycles. The highest BCUT2D eigenvalue weighted by atomic mass is 32.1. The molecular weight excluding hydrogens is 170 g/mol. The number of aromatic amines is 1. The topological polar surface area (TPSA) is 32.9 Å². The molecule has 0 spiro atoms. The number of H-pyrrole nitrogens is 1. The molecule has 2 nitrogen and oxygen atoms in total. The smallest absolute Gasteiger partial charge is 0.265 e. The van der Waals surface area contributed by atoms with E-state index in [1.807, 2.05) is 12.1 Å². The first-order valence-corrected chi connectivity index (χ1v) is 4.73. The number of hydrogen-bond acceptors (Lipinski definition) is 2. The number of nitrogens with one attached hydrogen (secondary N) is 1. The van der Waals surface area contributed by atoms with Crippen molar-refractivity contribution in [3.05, 3.63) is 34.1 Å². The maximum absolute atomic E-state index is 11.2. The van der Waals surface area contributed by atoms with E-state index in [0.717, 1.165) is 16.5 Å². The van der Waals surface area contributed by atoms with Crippen LogP contribution in [-0.4, -0.2) is 4.37 Å². The van der Waals surface area contributed by atoms with E-state index in [1.165, 1.54) is 17.1 Å². The predicted octanol–water partition coefficient (Wildman–Crippen LogP) is 2.15. The zero-order chi connectivity index (χ0) is 8.55. The summed E-state index contributed by atoms with van der Waals surface area (Å²) in [4.78, 5) is 11.2. The van der Waals surface area contributed by atoms with E-state index in [0.29, 0.717) is 0 Å². The third-order valence-electron chi connectivity index (χ3n) is 1.97. The Hall–Kier alpha value is -1.09. The normalized spacial score (nSPS) is 10.8. The van der Waals surface area contributed by atoms with Crippen molar-refractivity contribution in [2.45, 2.75) is 13.3 Å². The lowest BCUT2D eigenvalue weighted by molar-refractivity contribution is 1.16. The van der Waals surface area contributed by atoms with Crippen molar-refractivity contribution < 1.29 is 0 Å². The molecule has 0 amide bonds. The van der Waals surface area contributed by atoms with Gasteiger partial charge in [0.1, 0.15) is 0 Å². The average molecular weight is 179 g/mol. The molecule has 0 saturated carbocycles. The summed E-state index contributed by atoms with van der Waals surface area (Å²) in [5, 5.41) is 0.819. The number of fused-ring (bicyclic) bond motifs is 1. The van der Waals surface area contributed by atoms with Gasteiger partial charge in [-0.05, 0) is 18.1 Å². The predicted molar refractivity (Wildman–Crippen MR) is 51.8 cm³/mol. The molecule has 1 aromatic heterocycles. The first kappa shape index (κ1) is 7.55. The summed E-state index contributed by atoms with van der Waals surface area (Å²) in [5.41, 5.74) is 1.28. The van der Waals surface area contributed by atoms with Gasteiger partial charge in [0.2, 0.25) is 0 Å². The monoisotopic (exact) mass is 179 g/mol. The molecule has 12 heavy (non-hydrogen) atoms. The van der Waals surface area contributed by atoms with Crippen molar-refractivity contribution in [2.24, 2.45) is 0 Å². The summed E-state index contributed by atoms with van der Waals surface area (Å²) >= 11 is 1.43. The van der Waals surface area contributed by atoms with Gasteiger partial charge in [0, 0.05) is 0 Å². The van der Waals surface area contributed by atoms with Gasteiger partial charge >= 0.3 is 0 Å². The fourth-order valence-electron chi connectivity index (χ4n) is 1.31. The van der Waals surface area contributed by atoms with Gasteiger partial charge in [-0.15, -0.1) is 0 Å². The minimum absolute atomic E-state index is 0.0327. The summed E-state index contributed by atoms with van der Waals surface area (Å²) in [5.74, 6) is 0. The molecule has 0 unspecified atom stereocenters. The molecule has 62 valence electrons. The molecule has 0 aliphatic heterocycles. The van der Waals surface area contributed by atoms with Gasteiger partial charge in [-0.2, -0.15) is 0 Å². The second-order valence-corrected chi connectivity index (χ2v) is 3.50. The Morgan fingerprint density at radius 1 is 1.50 bits per heavy atom. The molecule has 1 heterocycles. The lowest BCUT2D eigenvalue weighted by atomic mass is 10.1. The Balaban J connectivity index is 2.90. The first-order valence-electron chi connectivity index (χ1n) is 3.92. The zero-order valence-corrected chi connectivity index (χ0v) is 7.57. The van der Waals surface area contributed by atoms with Crippen LogP contribution in [0.25, 0.3) is 10.1 Å². The van der Waals surface area contributed by atoms with Crippen LogP contribution in [0.15, 0.2) is 23.0 Å². The van der Waals surface area contributed by atoms with Gasteiger partial charge in [0.05, 0.1) is 10.1 Å². The van der Waals surface area contributed by atoms with Crippen molar-refractivity contribution in [1.29, 1.82) is 0 Å². The zero-order valence-electron chi connectivity index (χ0n) is 6.76. The highest BCUT2D eigenvalue weighted by Crippen LogP contribution is 2.19. The fraction of sp³-hybridized carbons (Fsp3) is 0.222. The second-order valence-electron chi connectivity index (χ2n) is 2.68. The van der Waals surface area contributed by atoms with Crippen molar-refractivity contribution in [3.8, 4) is 0 Å². The number of hydrogen-bond donors (Lipinski definition) is 1. The van der Waals surface area contributed by atoms with Gasteiger partial charge in [0.25, 0.3) is 5.56 Å². The fourth-order valence-corrected chi connectivity index (χ4v) is 2.23. The largest absolute Gasteiger partial charge is 0.277 e. The summed E-state index contributed by atoms with van der Waals surface area (Å²) in [6.45, 7) is 2.10. The first-order chi connectivity index (χ1) is 5.83. The van der Waals surface area contributed by atoms with Gasteiger partial charge in [-0.25, -0.2) is 0 Å². The average Bonchev–Trinajstić information content (AvgIpc) is 2.48. The van der Waals surface area contributed by atoms with Crippen LogP contribution >= 0.6 is 11.5 Å². The van der Waals surface area contributed by atoms with Gasteiger partial charge in [0.15, 0.2) is 0 Å². The SMILES string of the molecule is CCc1cccc2c(=O)[nH]sc12. The second kappa shape index (κ2) is 2.75. The highest BCUT2D eigenvalue weighted by molar-refractivity contribution is 7.13. The van der Waals surface area contributed by atoms with E-state index >= 15 is 0 Å². The maximum Gasteiger partial charge on any atom is 0.265 e. The van der Waals surface area contributed by atoms with E-state index in [-0.39, 0.29) is 5.56 Å². The maximum atomic E-state index is 11.2. The molecule has 1 N–H and O–H groups in total. The van der Waals surface area contributed by atoms with Gasteiger partial charge < -0.3 is 0 Å². The van der Waals surface area contributed by atoms with Crippen molar-refractivity contribution >= 4 is 21.6 Å². The molecule has 0 aliphatic carbocycles. The number of aromatic nitrogens is 1. The van der Waals surface area contributed by atoms with E-state index in [4.69, 9.17) is 0 Å². The third kappa shape index (κ3) is 0.975. The van der Waals surface area contributed by atoms with E-state index < -0.39 is 0 Å². The van der Waals surface area contributed by atoms with Gasteiger partial charge in [-0.1, -0.05) is 30.6 Å². The Morgan fingerprint density at radius 3 is 3.08 bits per heavy atom. The molecule has 0 atom stereocenters. The van der Waals surface area contributed by atoms with Crippen molar-refractivity contribution in [2.75, 3.05) is 0 Å². The molecule has 0 fully saturated rings. The van der Waals surface area contributed by atoms with Crippen molar-refractivity contribution in [1.82, 2.24) is 4.37 Å². The highest BCUT2D eigenvalue weighted by Gasteiger charge is 2.03. The quantitative estimate of drug-likeness (QED) is 0.714. The summed E-state index contributed by atoms with van der Waals surface area (Å²) < 4.78 is 3.84. The van der Waals surface area contributed by atoms with Gasteiger partial charge in [-0.3, -0.25) is 9.17 Å². The number of aryl methyl sites for hydroxylation is 1. The third-order valence-corrected chi connectivity index (χ3v) is 2.94. The van der Waals surface area contributed by atoms with Crippen LogP contribution in [0.2, 0.25) is 0 Å². The van der Waals surface area contributed by atoms with Crippen LogP contribution in [-0.2, 0) is 6.42 Å². The number of rotatable bonds is 1. The van der Waals surface area contributed by atoms with E-state index in [2.05, 4.69) is 17.4 Å². The summed E-state index contributed by atoms with van der Waals surface area (Å²) in [6, 6.07) is 5.86. The number of benzene rings is 1. The minimum Gasteiger partial charge on any atom is -0.277 e. The summed E-state index contributed by atoms with van der Waals surface area (Å²) in [7, 11) is 0. The van der Waals surface area contributed by atoms with E-state index in [1.54, 1.807) is 0 Å². The molecule has 2 rings (SSSR count). The van der Waals surface area contributed by atoms with Crippen LogP contribution in [0, 0.1) is 0 Å². The molecule has 0 aliphatic rings. The van der Waals surface area contributed by atoms with Crippen molar-refractivity contribution in [3.63, 3.8) is 0 Å². The summed E-state index contributed by atoms with van der Waals surface area (Å²) in [6.07, 6.45) is 0.977. The van der Waals surface area contributed by atoms with Crippen LogP contribution < -0.4 is 5.56 Å². The lowest BCUT2D eigenvalue weighted by Gasteiger charge is -1.94. The van der Waals surface area contributed by atoms with Crippen LogP contribution in [0.4, 0.5) is 0 Å². The van der Waals surface area contributed by atoms with Crippen LogP contribution in [0.3, 0.4) is 0 Å².